The molecule has 2 aromatic heterocycles. The van der Waals surface area contributed by atoms with E-state index in [1.165, 1.54) is 0 Å². The van der Waals surface area contributed by atoms with Gasteiger partial charge in [-0.2, -0.15) is 4.31 Å². The van der Waals surface area contributed by atoms with Gasteiger partial charge < -0.3 is 14.3 Å². The molecule has 0 atom stereocenters. The van der Waals surface area contributed by atoms with Crippen LogP contribution >= 0.6 is 0 Å². The Hall–Kier alpha value is -2.84. The summed E-state index contributed by atoms with van der Waals surface area (Å²) in [7, 11) is -3.58. The second-order valence-electron chi connectivity index (χ2n) is 8.21. The Morgan fingerprint density at radius 3 is 2.53 bits per heavy atom. The van der Waals surface area contributed by atoms with Crippen LogP contribution in [0.4, 0.5) is 0 Å². The van der Waals surface area contributed by atoms with E-state index in [1.807, 2.05) is 36.6 Å². The molecule has 1 saturated heterocycles. The summed E-state index contributed by atoms with van der Waals surface area (Å²) in [5.74, 6) is 0.588. The summed E-state index contributed by atoms with van der Waals surface area (Å²) in [4.78, 5) is 13.2. The van der Waals surface area contributed by atoms with Crippen LogP contribution in [0.1, 0.15) is 52.3 Å². The van der Waals surface area contributed by atoms with Gasteiger partial charge in [-0.15, -0.1) is 0 Å². The maximum absolute atomic E-state index is 13.2. The monoisotopic (exact) mass is 455 g/mol. The first-order chi connectivity index (χ1) is 15.4. The van der Waals surface area contributed by atoms with Gasteiger partial charge in [-0.25, -0.2) is 8.42 Å². The highest BCUT2D eigenvalue weighted by Gasteiger charge is 2.28. The zero-order chi connectivity index (χ0) is 22.7. The summed E-state index contributed by atoms with van der Waals surface area (Å²) in [5.41, 5.74) is 2.96. The highest BCUT2D eigenvalue weighted by Crippen LogP contribution is 2.24. The number of aryl methyl sites for hydroxylation is 1. The molecule has 0 bridgehead atoms. The average molecular weight is 456 g/mol. The summed E-state index contributed by atoms with van der Waals surface area (Å²) in [5, 5.41) is 2.91. The van der Waals surface area contributed by atoms with Gasteiger partial charge in [0.25, 0.3) is 5.91 Å². The van der Waals surface area contributed by atoms with Crippen LogP contribution in [0.15, 0.2) is 58.0 Å². The van der Waals surface area contributed by atoms with Gasteiger partial charge in [0.2, 0.25) is 10.0 Å². The molecule has 1 aromatic carbocycles. The maximum Gasteiger partial charge on any atom is 0.253 e. The number of aromatic nitrogens is 1. The fraction of sp³-hybridized carbons (Fsp3) is 0.375. The molecule has 7 nitrogen and oxygen atoms in total. The van der Waals surface area contributed by atoms with Crippen molar-refractivity contribution >= 4 is 15.9 Å². The average Bonchev–Trinajstić information content (AvgIpc) is 3.42. The number of sulfonamides is 1. The van der Waals surface area contributed by atoms with Crippen LogP contribution in [-0.2, 0) is 23.1 Å². The third-order valence-corrected chi connectivity index (χ3v) is 8.06. The van der Waals surface area contributed by atoms with E-state index in [0.717, 1.165) is 36.4 Å². The number of carbonyl (C=O) groups is 1. The number of rotatable bonds is 7. The molecule has 1 N–H and O–H groups in total. The molecule has 0 saturated carbocycles. The summed E-state index contributed by atoms with van der Waals surface area (Å²) in [6, 6.07) is 12.5. The van der Waals surface area contributed by atoms with Gasteiger partial charge >= 0.3 is 0 Å². The van der Waals surface area contributed by atoms with Crippen LogP contribution in [-0.4, -0.2) is 36.3 Å². The van der Waals surface area contributed by atoms with Crippen molar-refractivity contribution in [2.45, 2.75) is 51.1 Å². The number of piperidine rings is 1. The predicted octanol–water partition coefficient (Wildman–Crippen LogP) is 3.85. The van der Waals surface area contributed by atoms with Gasteiger partial charge in [0.15, 0.2) is 0 Å². The van der Waals surface area contributed by atoms with Crippen LogP contribution in [0.25, 0.3) is 0 Å². The van der Waals surface area contributed by atoms with E-state index in [4.69, 9.17) is 4.42 Å². The molecule has 3 heterocycles. The number of hydrogen-bond donors (Lipinski definition) is 1. The molecule has 3 aromatic rings. The molecule has 0 spiro atoms. The summed E-state index contributed by atoms with van der Waals surface area (Å²) < 4.78 is 35.4. The van der Waals surface area contributed by atoms with E-state index in [1.54, 1.807) is 34.8 Å². The zero-order valence-electron chi connectivity index (χ0n) is 18.5. The van der Waals surface area contributed by atoms with Crippen molar-refractivity contribution in [2.75, 3.05) is 13.1 Å². The van der Waals surface area contributed by atoms with Crippen molar-refractivity contribution in [1.29, 1.82) is 0 Å². The van der Waals surface area contributed by atoms with Gasteiger partial charge in [-0.3, -0.25) is 4.79 Å². The molecule has 4 rings (SSSR count). The molecule has 1 fully saturated rings. The number of amides is 1. The quantitative estimate of drug-likeness (QED) is 0.586. The van der Waals surface area contributed by atoms with E-state index < -0.39 is 10.0 Å². The summed E-state index contributed by atoms with van der Waals surface area (Å²) >= 11 is 0. The molecule has 0 radical (unpaired) electrons. The highest BCUT2D eigenvalue weighted by molar-refractivity contribution is 7.89. The predicted molar refractivity (Wildman–Crippen MR) is 122 cm³/mol. The zero-order valence-corrected chi connectivity index (χ0v) is 19.3. The molecular weight excluding hydrogens is 426 g/mol. The molecule has 32 heavy (non-hydrogen) atoms. The third kappa shape index (κ3) is 4.52. The molecule has 1 aliphatic heterocycles. The molecule has 0 aliphatic carbocycles. The first-order valence-corrected chi connectivity index (χ1v) is 12.4. The van der Waals surface area contributed by atoms with Crippen LogP contribution in [0.2, 0.25) is 0 Å². The number of hydrogen-bond acceptors (Lipinski definition) is 4. The first-order valence-electron chi connectivity index (χ1n) is 10.9. The fourth-order valence-corrected chi connectivity index (χ4v) is 5.99. The topological polar surface area (TPSA) is 84.5 Å². The molecule has 1 aliphatic rings. The van der Waals surface area contributed by atoms with Crippen molar-refractivity contribution in [3.63, 3.8) is 0 Å². The number of furan rings is 1. The number of nitrogens with zero attached hydrogens (tertiary/aromatic N) is 2. The Labute approximate surface area is 189 Å². The van der Waals surface area contributed by atoms with Gasteiger partial charge in [0.05, 0.1) is 23.3 Å². The second-order valence-corrected chi connectivity index (χ2v) is 10.1. The van der Waals surface area contributed by atoms with Crippen molar-refractivity contribution in [3.05, 3.63) is 77.0 Å². The Bertz CT molecular complexity index is 1190. The lowest BCUT2D eigenvalue weighted by Crippen LogP contribution is -2.36. The number of carbonyl (C=O) groups excluding carboxylic acids is 1. The van der Waals surface area contributed by atoms with E-state index >= 15 is 0 Å². The summed E-state index contributed by atoms with van der Waals surface area (Å²) in [6.07, 6.45) is 4.45. The fourth-order valence-electron chi connectivity index (χ4n) is 4.25. The van der Waals surface area contributed by atoms with Crippen LogP contribution in [0.3, 0.4) is 0 Å². The lowest BCUT2D eigenvalue weighted by Gasteiger charge is -2.26. The second kappa shape index (κ2) is 9.34. The molecule has 8 heteroatoms. The van der Waals surface area contributed by atoms with E-state index in [0.29, 0.717) is 30.8 Å². The lowest BCUT2D eigenvalue weighted by molar-refractivity contribution is 0.0949. The Kier molecular flexibility index (Phi) is 6.53. The van der Waals surface area contributed by atoms with Gasteiger partial charge in [0, 0.05) is 31.0 Å². The first kappa shape index (κ1) is 22.4. The minimum absolute atomic E-state index is 0.143. The summed E-state index contributed by atoms with van der Waals surface area (Å²) in [6.45, 7) is 5.64. The van der Waals surface area contributed by atoms with Crippen LogP contribution < -0.4 is 5.32 Å². The third-order valence-electron chi connectivity index (χ3n) is 6.06. The molecule has 0 unspecified atom stereocenters. The smallest absolute Gasteiger partial charge is 0.253 e. The Morgan fingerprint density at radius 2 is 1.81 bits per heavy atom. The van der Waals surface area contributed by atoms with Crippen LogP contribution in [0, 0.1) is 13.8 Å². The van der Waals surface area contributed by atoms with Gasteiger partial charge in [-0.05, 0) is 56.5 Å². The van der Waals surface area contributed by atoms with E-state index in [9.17, 15) is 13.2 Å². The Morgan fingerprint density at radius 1 is 1.06 bits per heavy atom. The lowest BCUT2D eigenvalue weighted by atomic mass is 10.2. The van der Waals surface area contributed by atoms with Crippen molar-refractivity contribution in [3.8, 4) is 0 Å². The van der Waals surface area contributed by atoms with Crippen molar-refractivity contribution in [1.82, 2.24) is 14.2 Å². The normalized spacial score (nSPS) is 15.1. The van der Waals surface area contributed by atoms with Gasteiger partial charge in [-0.1, -0.05) is 24.6 Å². The van der Waals surface area contributed by atoms with Gasteiger partial charge in [0.1, 0.15) is 5.76 Å². The van der Waals surface area contributed by atoms with E-state index in [-0.39, 0.29) is 17.3 Å². The SMILES string of the molecule is Cc1cc(C(=O)NCc2ccccc2S(=O)(=O)N2CCCCC2)c(C)n1Cc1ccco1. The highest BCUT2D eigenvalue weighted by atomic mass is 32.2. The largest absolute Gasteiger partial charge is 0.467 e. The minimum atomic E-state index is -3.58. The molecule has 170 valence electrons. The number of benzene rings is 1. The van der Waals surface area contributed by atoms with Crippen molar-refractivity contribution < 1.29 is 17.6 Å². The maximum atomic E-state index is 13.2. The Balaban J connectivity index is 1.51. The standard InChI is InChI=1S/C24H29N3O4S/c1-18-15-22(19(2)27(18)17-21-10-8-14-31-21)24(28)25-16-20-9-4-5-11-23(20)32(29,30)26-12-6-3-7-13-26/h4-5,8-11,14-15H,3,6-7,12-13,16-17H2,1-2H3,(H,25,28). The van der Waals surface area contributed by atoms with Crippen LogP contribution in [0.5, 0.6) is 0 Å². The molecular formula is C24H29N3O4S. The number of nitrogens with one attached hydrogen (secondary N) is 1. The van der Waals surface area contributed by atoms with Crippen molar-refractivity contribution in [2.24, 2.45) is 0 Å². The minimum Gasteiger partial charge on any atom is -0.467 e. The molecule has 1 amide bonds. The van der Waals surface area contributed by atoms with E-state index in [2.05, 4.69) is 5.32 Å².